The zero-order chi connectivity index (χ0) is 14.6. The molecule has 0 aliphatic carbocycles. The van der Waals surface area contributed by atoms with E-state index in [4.69, 9.17) is 4.43 Å². The van der Waals surface area contributed by atoms with Gasteiger partial charge in [-0.15, -0.1) is 0 Å². The molecule has 1 aromatic carbocycles. The molecule has 1 aromatic rings. The Labute approximate surface area is 118 Å². The number of anilines is 1. The molecule has 0 aliphatic heterocycles. The van der Waals surface area contributed by atoms with Crippen LogP contribution in [0.25, 0.3) is 0 Å². The van der Waals surface area contributed by atoms with Crippen molar-refractivity contribution in [3.05, 3.63) is 29.3 Å². The zero-order valence-electron chi connectivity index (χ0n) is 12.8. The van der Waals surface area contributed by atoms with Crippen molar-refractivity contribution in [2.75, 3.05) is 5.32 Å². The Morgan fingerprint density at radius 1 is 1.32 bits per heavy atom. The van der Waals surface area contributed by atoms with Crippen molar-refractivity contribution in [1.82, 2.24) is 0 Å². The van der Waals surface area contributed by atoms with Crippen molar-refractivity contribution < 1.29 is 9.22 Å². The second-order valence-electron chi connectivity index (χ2n) is 6.16. The van der Waals surface area contributed by atoms with Gasteiger partial charge in [-0.3, -0.25) is 4.79 Å². The number of hydrogen-bond donors (Lipinski definition) is 1. The first-order valence-corrected chi connectivity index (χ1v) is 9.51. The molecule has 3 nitrogen and oxygen atoms in total. The number of carbonyl (C=O) groups is 1. The lowest BCUT2D eigenvalue weighted by Crippen LogP contribution is -2.17. The Hall–Kier alpha value is -1.13. The lowest BCUT2D eigenvalue weighted by atomic mass is 9.83. The van der Waals surface area contributed by atoms with Crippen LogP contribution in [-0.4, -0.2) is 14.9 Å². The van der Waals surface area contributed by atoms with Gasteiger partial charge in [-0.05, 0) is 41.8 Å². The summed E-state index contributed by atoms with van der Waals surface area (Å²) in [6.45, 7) is 13.1. The maximum absolute atomic E-state index is 11.1. The van der Waals surface area contributed by atoms with Gasteiger partial charge in [0.15, 0.2) is 9.04 Å². The minimum atomic E-state index is -1.02. The van der Waals surface area contributed by atoms with Crippen LogP contribution in [0.4, 0.5) is 5.69 Å². The van der Waals surface area contributed by atoms with Crippen LogP contribution >= 0.6 is 0 Å². The summed E-state index contributed by atoms with van der Waals surface area (Å²) >= 11 is 0. The van der Waals surface area contributed by atoms with E-state index in [0.717, 1.165) is 5.69 Å². The maximum Gasteiger partial charge on any atom is 0.221 e. The van der Waals surface area contributed by atoms with Gasteiger partial charge >= 0.3 is 0 Å². The van der Waals surface area contributed by atoms with Crippen molar-refractivity contribution in [3.63, 3.8) is 0 Å². The van der Waals surface area contributed by atoms with Gasteiger partial charge in [0.1, 0.15) is 0 Å². The second kappa shape index (κ2) is 6.35. The number of hydrogen-bond acceptors (Lipinski definition) is 2. The predicted octanol–water partition coefficient (Wildman–Crippen LogP) is 3.44. The quantitative estimate of drug-likeness (QED) is 0.857. The molecule has 0 atom stereocenters. The van der Waals surface area contributed by atoms with Gasteiger partial charge in [0.05, 0.1) is 6.61 Å². The molecule has 0 radical (unpaired) electrons. The van der Waals surface area contributed by atoms with Crippen molar-refractivity contribution in [2.24, 2.45) is 0 Å². The van der Waals surface area contributed by atoms with Gasteiger partial charge in [-0.25, -0.2) is 0 Å². The minimum Gasteiger partial charge on any atom is -0.416 e. The van der Waals surface area contributed by atoms with E-state index in [9.17, 15) is 4.79 Å². The van der Waals surface area contributed by atoms with Crippen LogP contribution in [0, 0.1) is 0 Å². The number of amides is 1. The molecule has 0 unspecified atom stereocenters. The lowest BCUT2D eigenvalue weighted by Gasteiger charge is -2.24. The van der Waals surface area contributed by atoms with Crippen molar-refractivity contribution in [2.45, 2.75) is 52.8 Å². The van der Waals surface area contributed by atoms with E-state index < -0.39 is 9.04 Å². The molecule has 0 aromatic heterocycles. The Kier molecular flexibility index (Phi) is 5.32. The van der Waals surface area contributed by atoms with E-state index in [1.54, 1.807) is 0 Å². The third kappa shape index (κ3) is 5.16. The van der Waals surface area contributed by atoms with Gasteiger partial charge in [0.25, 0.3) is 0 Å². The second-order valence-corrected chi connectivity index (χ2v) is 8.59. The molecule has 0 spiro atoms. The third-order valence-corrected chi connectivity index (χ3v) is 3.64. The zero-order valence-corrected chi connectivity index (χ0v) is 14.0. The van der Waals surface area contributed by atoms with Crippen LogP contribution in [0.3, 0.4) is 0 Å². The van der Waals surface area contributed by atoms with Crippen molar-refractivity contribution in [1.29, 1.82) is 0 Å². The fourth-order valence-electron chi connectivity index (χ4n) is 1.94. The monoisotopic (exact) mass is 279 g/mol. The summed E-state index contributed by atoms with van der Waals surface area (Å²) in [5.74, 6) is -0.0431. The average Bonchev–Trinajstić information content (AvgIpc) is 2.25. The summed E-state index contributed by atoms with van der Waals surface area (Å²) in [6, 6.07) is 6.06. The fourth-order valence-corrected chi connectivity index (χ4v) is 2.45. The van der Waals surface area contributed by atoms with Crippen LogP contribution in [0.5, 0.6) is 0 Å². The Morgan fingerprint density at radius 3 is 2.42 bits per heavy atom. The number of carbonyl (C=O) groups excluding carboxylic acids is 1. The van der Waals surface area contributed by atoms with Crippen molar-refractivity contribution >= 4 is 20.6 Å². The molecule has 0 fully saturated rings. The number of benzene rings is 1. The molecule has 4 heteroatoms. The molecule has 19 heavy (non-hydrogen) atoms. The molecule has 0 saturated heterocycles. The van der Waals surface area contributed by atoms with Crippen LogP contribution in [0.1, 0.15) is 38.8 Å². The van der Waals surface area contributed by atoms with Crippen LogP contribution in [-0.2, 0) is 21.2 Å². The first-order valence-electron chi connectivity index (χ1n) is 6.72. The minimum absolute atomic E-state index is 0.0334. The summed E-state index contributed by atoms with van der Waals surface area (Å²) in [5, 5.41) is 2.84. The van der Waals surface area contributed by atoms with E-state index in [1.165, 1.54) is 18.1 Å². The summed E-state index contributed by atoms with van der Waals surface area (Å²) in [5.41, 5.74) is 3.32. The molecule has 0 saturated carbocycles. The molecule has 0 heterocycles. The third-order valence-electron chi connectivity index (χ3n) is 2.81. The lowest BCUT2D eigenvalue weighted by molar-refractivity contribution is -0.114. The summed E-state index contributed by atoms with van der Waals surface area (Å²) in [7, 11) is -1.02. The van der Waals surface area contributed by atoms with Crippen LogP contribution < -0.4 is 5.32 Å². The predicted molar refractivity (Wildman–Crippen MR) is 83.1 cm³/mol. The summed E-state index contributed by atoms with van der Waals surface area (Å²) in [6.07, 6.45) is 0. The molecular formula is C15H25NO2Si. The maximum atomic E-state index is 11.1. The summed E-state index contributed by atoms with van der Waals surface area (Å²) < 4.78 is 5.84. The highest BCUT2D eigenvalue weighted by atomic mass is 28.3. The Balaban J connectivity index is 3.06. The van der Waals surface area contributed by atoms with E-state index in [0.29, 0.717) is 6.61 Å². The highest BCUT2D eigenvalue weighted by molar-refractivity contribution is 6.48. The largest absolute Gasteiger partial charge is 0.416 e. The van der Waals surface area contributed by atoms with Crippen LogP contribution in [0.15, 0.2) is 18.2 Å². The van der Waals surface area contributed by atoms with E-state index in [1.807, 2.05) is 6.07 Å². The average molecular weight is 279 g/mol. The van der Waals surface area contributed by atoms with Gasteiger partial charge in [-0.2, -0.15) is 0 Å². The highest BCUT2D eigenvalue weighted by Gasteiger charge is 2.19. The molecular weight excluding hydrogens is 254 g/mol. The number of rotatable bonds is 4. The van der Waals surface area contributed by atoms with Gasteiger partial charge in [0, 0.05) is 12.6 Å². The molecule has 0 aliphatic rings. The Bertz CT molecular complexity index is 450. The van der Waals surface area contributed by atoms with Gasteiger partial charge in [0.2, 0.25) is 5.91 Å². The Morgan fingerprint density at radius 2 is 1.95 bits per heavy atom. The molecule has 0 bridgehead atoms. The van der Waals surface area contributed by atoms with Gasteiger partial charge in [-0.1, -0.05) is 26.8 Å². The molecule has 1 N–H and O–H groups in total. The standard InChI is InChI=1S/C15H25NO2Si/c1-11(17)16-13-8-7-12(10-18-19(5)6)14(9-13)15(2,3)4/h7-9,19H,10H2,1-6H3,(H,16,17). The van der Waals surface area contributed by atoms with Crippen LogP contribution in [0.2, 0.25) is 13.1 Å². The van der Waals surface area contributed by atoms with Gasteiger partial charge < -0.3 is 9.74 Å². The topological polar surface area (TPSA) is 38.3 Å². The SMILES string of the molecule is CC(=O)Nc1ccc(CO[SiH](C)C)c(C(C)(C)C)c1. The highest BCUT2D eigenvalue weighted by Crippen LogP contribution is 2.29. The van der Waals surface area contributed by atoms with E-state index in [-0.39, 0.29) is 11.3 Å². The first kappa shape index (κ1) is 15.9. The molecule has 1 amide bonds. The van der Waals surface area contributed by atoms with E-state index in [2.05, 4.69) is 51.3 Å². The summed E-state index contributed by atoms with van der Waals surface area (Å²) in [4.78, 5) is 11.1. The molecule has 1 rings (SSSR count). The molecule has 106 valence electrons. The smallest absolute Gasteiger partial charge is 0.221 e. The number of nitrogens with one attached hydrogen (secondary N) is 1. The first-order chi connectivity index (χ1) is 8.70. The van der Waals surface area contributed by atoms with Crippen molar-refractivity contribution in [3.8, 4) is 0 Å². The fraction of sp³-hybridized carbons (Fsp3) is 0.533. The normalized spacial score (nSPS) is 11.7. The van der Waals surface area contributed by atoms with E-state index >= 15 is 0 Å².